The van der Waals surface area contributed by atoms with E-state index in [9.17, 15) is 8.42 Å². The summed E-state index contributed by atoms with van der Waals surface area (Å²) in [5.74, 6) is 0. The number of aryl methyl sites for hydroxylation is 1. The van der Waals surface area contributed by atoms with Crippen molar-refractivity contribution in [3.8, 4) is 0 Å². The first-order valence-corrected chi connectivity index (χ1v) is 7.18. The third-order valence-corrected chi connectivity index (χ3v) is 4.04. The summed E-state index contributed by atoms with van der Waals surface area (Å²) in [5.41, 5.74) is 2.13. The summed E-state index contributed by atoms with van der Waals surface area (Å²) < 4.78 is 26.9. The monoisotopic (exact) mass is 284 g/mol. The molecule has 0 aliphatic carbocycles. The topological polar surface area (TPSA) is 116 Å². The molecule has 0 bridgehead atoms. The summed E-state index contributed by atoms with van der Waals surface area (Å²) >= 11 is 0. The van der Waals surface area contributed by atoms with Crippen molar-refractivity contribution >= 4 is 10.0 Å². The molecule has 0 saturated heterocycles. The molecule has 9 heteroatoms. The van der Waals surface area contributed by atoms with Crippen LogP contribution in [0.5, 0.6) is 0 Å². The van der Waals surface area contributed by atoms with Gasteiger partial charge in [-0.15, -0.1) is 0 Å². The fourth-order valence-electron chi connectivity index (χ4n) is 1.66. The predicted octanol–water partition coefficient (Wildman–Crippen LogP) is -0.361. The second-order valence-electron chi connectivity index (χ2n) is 4.09. The summed E-state index contributed by atoms with van der Waals surface area (Å²) in [4.78, 5) is 0. The molecule has 0 aromatic carbocycles. The van der Waals surface area contributed by atoms with Gasteiger partial charge in [-0.25, -0.2) is 13.1 Å². The minimum Gasteiger partial charge on any atom is -0.316 e. The lowest BCUT2D eigenvalue weighted by Gasteiger charge is -2.05. The second kappa shape index (κ2) is 5.51. The van der Waals surface area contributed by atoms with E-state index in [4.69, 9.17) is 0 Å². The molecular weight excluding hydrogens is 268 g/mol. The van der Waals surface area contributed by atoms with Crippen LogP contribution in [0.25, 0.3) is 0 Å². The van der Waals surface area contributed by atoms with Crippen molar-refractivity contribution < 1.29 is 8.42 Å². The quantitative estimate of drug-likeness (QED) is 0.578. The number of rotatable bonds is 6. The van der Waals surface area contributed by atoms with Gasteiger partial charge in [0.25, 0.3) is 10.0 Å². The molecule has 2 aromatic rings. The SMILES string of the molecule is CNCc1c(S(=O)(=O)NCc2cn[nH]c2)n[nH]c1C. The van der Waals surface area contributed by atoms with Gasteiger partial charge in [-0.3, -0.25) is 10.2 Å². The van der Waals surface area contributed by atoms with Gasteiger partial charge in [0.05, 0.1) is 6.20 Å². The second-order valence-corrected chi connectivity index (χ2v) is 5.78. The molecule has 0 unspecified atom stereocenters. The first-order valence-electron chi connectivity index (χ1n) is 5.70. The number of sulfonamides is 1. The van der Waals surface area contributed by atoms with Crippen molar-refractivity contribution in [2.75, 3.05) is 7.05 Å². The highest BCUT2D eigenvalue weighted by Gasteiger charge is 2.23. The van der Waals surface area contributed by atoms with E-state index in [-0.39, 0.29) is 11.6 Å². The Labute approximate surface area is 111 Å². The highest BCUT2D eigenvalue weighted by Crippen LogP contribution is 2.16. The van der Waals surface area contributed by atoms with Crippen molar-refractivity contribution in [3.05, 3.63) is 29.2 Å². The van der Waals surface area contributed by atoms with E-state index >= 15 is 0 Å². The lowest BCUT2D eigenvalue weighted by molar-refractivity contribution is 0.575. The molecular formula is C10H16N6O2S. The molecule has 0 atom stereocenters. The number of H-pyrrole nitrogens is 2. The zero-order chi connectivity index (χ0) is 13.9. The number of aromatic nitrogens is 4. The molecule has 0 aliphatic rings. The largest absolute Gasteiger partial charge is 0.316 e. The predicted molar refractivity (Wildman–Crippen MR) is 68.7 cm³/mol. The number of hydrogen-bond acceptors (Lipinski definition) is 5. The minimum atomic E-state index is -3.64. The maximum absolute atomic E-state index is 12.2. The Kier molecular flexibility index (Phi) is 3.98. The molecule has 4 N–H and O–H groups in total. The van der Waals surface area contributed by atoms with E-state index in [0.29, 0.717) is 12.1 Å². The smallest absolute Gasteiger partial charge is 0.260 e. The normalized spacial score (nSPS) is 11.9. The Morgan fingerprint density at radius 2 is 2.16 bits per heavy atom. The van der Waals surface area contributed by atoms with Gasteiger partial charge in [-0.2, -0.15) is 10.2 Å². The number of hydrogen-bond donors (Lipinski definition) is 4. The van der Waals surface area contributed by atoms with E-state index in [1.165, 1.54) is 0 Å². The van der Waals surface area contributed by atoms with Gasteiger partial charge in [0, 0.05) is 36.1 Å². The van der Waals surface area contributed by atoms with E-state index in [2.05, 4.69) is 30.4 Å². The molecule has 2 rings (SSSR count). The fraction of sp³-hybridized carbons (Fsp3) is 0.400. The van der Waals surface area contributed by atoms with Crippen LogP contribution in [-0.2, 0) is 23.1 Å². The van der Waals surface area contributed by atoms with E-state index in [0.717, 1.165) is 11.3 Å². The van der Waals surface area contributed by atoms with E-state index in [1.54, 1.807) is 26.4 Å². The molecule has 2 aromatic heterocycles. The van der Waals surface area contributed by atoms with Crippen LogP contribution in [0.1, 0.15) is 16.8 Å². The highest BCUT2D eigenvalue weighted by molar-refractivity contribution is 7.89. The molecule has 8 nitrogen and oxygen atoms in total. The first-order chi connectivity index (χ1) is 9.04. The van der Waals surface area contributed by atoms with Crippen molar-refractivity contribution in [1.82, 2.24) is 30.4 Å². The van der Waals surface area contributed by atoms with E-state index in [1.807, 2.05) is 0 Å². The average Bonchev–Trinajstić information content (AvgIpc) is 2.99. The van der Waals surface area contributed by atoms with Crippen LogP contribution in [0.15, 0.2) is 17.4 Å². The first kappa shape index (κ1) is 13.7. The van der Waals surface area contributed by atoms with Gasteiger partial charge in [0.1, 0.15) is 0 Å². The molecule has 19 heavy (non-hydrogen) atoms. The van der Waals surface area contributed by atoms with Gasteiger partial charge in [0.15, 0.2) is 5.03 Å². The summed E-state index contributed by atoms with van der Waals surface area (Å²) in [5, 5.41) is 15.9. The number of nitrogens with one attached hydrogen (secondary N) is 4. The Morgan fingerprint density at radius 1 is 1.37 bits per heavy atom. The van der Waals surface area contributed by atoms with Gasteiger partial charge in [0.2, 0.25) is 0 Å². The molecule has 2 heterocycles. The van der Waals surface area contributed by atoms with Crippen LogP contribution in [0.4, 0.5) is 0 Å². The number of aromatic amines is 2. The summed E-state index contributed by atoms with van der Waals surface area (Å²) in [6.45, 7) is 2.39. The van der Waals surface area contributed by atoms with Gasteiger partial charge in [-0.05, 0) is 14.0 Å². The lowest BCUT2D eigenvalue weighted by Crippen LogP contribution is -2.25. The van der Waals surface area contributed by atoms with E-state index < -0.39 is 10.0 Å². The van der Waals surface area contributed by atoms with Crippen molar-refractivity contribution in [2.45, 2.75) is 25.0 Å². The summed E-state index contributed by atoms with van der Waals surface area (Å²) in [7, 11) is -1.89. The summed E-state index contributed by atoms with van der Waals surface area (Å²) in [6.07, 6.45) is 3.19. The lowest BCUT2D eigenvalue weighted by atomic mass is 10.3. The van der Waals surface area contributed by atoms with Crippen LogP contribution in [0.2, 0.25) is 0 Å². The Morgan fingerprint density at radius 3 is 2.79 bits per heavy atom. The van der Waals surface area contributed by atoms with Crippen LogP contribution >= 0.6 is 0 Å². The van der Waals surface area contributed by atoms with Crippen LogP contribution in [0.3, 0.4) is 0 Å². The van der Waals surface area contributed by atoms with Crippen LogP contribution < -0.4 is 10.0 Å². The molecule has 0 saturated carbocycles. The fourth-order valence-corrected chi connectivity index (χ4v) is 2.87. The zero-order valence-electron chi connectivity index (χ0n) is 10.7. The van der Waals surface area contributed by atoms with Crippen LogP contribution in [-0.4, -0.2) is 35.9 Å². The molecule has 104 valence electrons. The Bertz CT molecular complexity index is 631. The third kappa shape index (κ3) is 3.00. The Balaban J connectivity index is 2.19. The third-order valence-electron chi connectivity index (χ3n) is 2.67. The molecule has 0 spiro atoms. The molecule has 0 amide bonds. The Hall–Kier alpha value is -1.71. The molecule has 0 radical (unpaired) electrons. The average molecular weight is 284 g/mol. The van der Waals surface area contributed by atoms with Crippen LogP contribution in [0, 0.1) is 6.92 Å². The van der Waals surface area contributed by atoms with Gasteiger partial charge in [-0.1, -0.05) is 0 Å². The number of nitrogens with zero attached hydrogens (tertiary/aromatic N) is 2. The highest BCUT2D eigenvalue weighted by atomic mass is 32.2. The van der Waals surface area contributed by atoms with Gasteiger partial charge >= 0.3 is 0 Å². The minimum absolute atomic E-state index is 0.0304. The van der Waals surface area contributed by atoms with Crippen molar-refractivity contribution in [2.24, 2.45) is 0 Å². The van der Waals surface area contributed by atoms with Crippen molar-refractivity contribution in [1.29, 1.82) is 0 Å². The molecule has 0 fully saturated rings. The maximum atomic E-state index is 12.2. The van der Waals surface area contributed by atoms with Gasteiger partial charge < -0.3 is 5.32 Å². The van der Waals surface area contributed by atoms with Crippen molar-refractivity contribution in [3.63, 3.8) is 0 Å². The standard InChI is InChI=1S/C10H16N6O2S/c1-7-9(6-11-2)10(16-15-7)19(17,18)14-5-8-3-12-13-4-8/h3-4,11,14H,5-6H2,1-2H3,(H,12,13)(H,15,16). The maximum Gasteiger partial charge on any atom is 0.260 e. The zero-order valence-corrected chi connectivity index (χ0v) is 11.5. The molecule has 0 aliphatic heterocycles. The summed E-state index contributed by atoms with van der Waals surface area (Å²) in [6, 6.07) is 0.